The third-order valence-corrected chi connectivity index (χ3v) is 4.49. The van der Waals surface area contributed by atoms with Crippen molar-refractivity contribution in [3.63, 3.8) is 0 Å². The van der Waals surface area contributed by atoms with Gasteiger partial charge < -0.3 is 19.2 Å². The number of rotatable bonds is 9. The minimum absolute atomic E-state index is 0.200. The van der Waals surface area contributed by atoms with Crippen LogP contribution in [0.25, 0.3) is 0 Å². The quantitative estimate of drug-likeness (QED) is 0.519. The maximum atomic E-state index is 12.5. The molecule has 1 N–H and O–H groups in total. The second-order valence-corrected chi connectivity index (χ2v) is 7.25. The molecule has 0 bridgehead atoms. The predicted molar refractivity (Wildman–Crippen MR) is 113 cm³/mol. The highest BCUT2D eigenvalue weighted by Gasteiger charge is 2.15. The number of hydrogen-bond donors (Lipinski definition) is 1. The van der Waals surface area contributed by atoms with Crippen LogP contribution in [0.4, 0.5) is 5.69 Å². The first-order chi connectivity index (χ1) is 14.0. The van der Waals surface area contributed by atoms with Gasteiger partial charge in [0.2, 0.25) is 0 Å². The van der Waals surface area contributed by atoms with E-state index in [9.17, 15) is 4.79 Å². The molecule has 5 nitrogen and oxygen atoms in total. The Morgan fingerprint density at radius 2 is 1.83 bits per heavy atom. The molecule has 1 unspecified atom stereocenters. The van der Waals surface area contributed by atoms with Gasteiger partial charge in [-0.05, 0) is 60.4 Å². The zero-order valence-corrected chi connectivity index (χ0v) is 17.1. The van der Waals surface area contributed by atoms with Gasteiger partial charge in [0.1, 0.15) is 18.1 Å². The average molecular weight is 393 g/mol. The van der Waals surface area contributed by atoms with Crippen LogP contribution in [-0.2, 0) is 22.7 Å². The van der Waals surface area contributed by atoms with Crippen LogP contribution < -0.4 is 10.1 Å². The first kappa shape index (κ1) is 20.7. The molecule has 0 spiro atoms. The highest BCUT2D eigenvalue weighted by Crippen LogP contribution is 2.21. The van der Waals surface area contributed by atoms with Crippen LogP contribution in [0.1, 0.15) is 43.6 Å². The molecule has 152 valence electrons. The lowest BCUT2D eigenvalue weighted by atomic mass is 10.0. The first-order valence-electron chi connectivity index (χ1n) is 9.78. The Morgan fingerprint density at radius 3 is 2.59 bits per heavy atom. The molecule has 0 fully saturated rings. The Morgan fingerprint density at radius 1 is 1.00 bits per heavy atom. The largest absolute Gasteiger partial charge is 0.481 e. The van der Waals surface area contributed by atoms with E-state index in [4.69, 9.17) is 13.9 Å². The molecule has 0 saturated heterocycles. The van der Waals surface area contributed by atoms with Gasteiger partial charge in [-0.15, -0.1) is 0 Å². The highest BCUT2D eigenvalue weighted by atomic mass is 16.5. The lowest BCUT2D eigenvalue weighted by molar-refractivity contribution is -0.122. The van der Waals surface area contributed by atoms with Crippen molar-refractivity contribution in [2.24, 2.45) is 0 Å². The molecule has 3 aromatic rings. The number of furan rings is 1. The van der Waals surface area contributed by atoms with Crippen LogP contribution in [0, 0.1) is 0 Å². The molecule has 0 saturated carbocycles. The summed E-state index contributed by atoms with van der Waals surface area (Å²) in [5, 5.41) is 2.91. The van der Waals surface area contributed by atoms with E-state index in [2.05, 4.69) is 25.2 Å². The van der Waals surface area contributed by atoms with E-state index < -0.39 is 6.10 Å². The summed E-state index contributed by atoms with van der Waals surface area (Å²) < 4.78 is 16.7. The molecule has 2 aromatic carbocycles. The lowest BCUT2D eigenvalue weighted by Gasteiger charge is -2.16. The van der Waals surface area contributed by atoms with Gasteiger partial charge in [-0.3, -0.25) is 4.79 Å². The summed E-state index contributed by atoms with van der Waals surface area (Å²) in [5.74, 6) is 1.68. The first-order valence-corrected chi connectivity index (χ1v) is 9.78. The number of hydrogen-bond acceptors (Lipinski definition) is 4. The molecule has 0 aliphatic carbocycles. The standard InChI is InChI=1S/C24H27NO4/c1-17(2)20-8-5-10-22(14-20)29-18(3)24(26)25-21-9-4-7-19(13-21)15-27-16-23-11-6-12-28-23/h4-14,17-18H,15-16H2,1-3H3,(H,25,26). The number of anilines is 1. The zero-order chi connectivity index (χ0) is 20.6. The Labute approximate surface area is 171 Å². The van der Waals surface area contributed by atoms with Crippen molar-refractivity contribution in [3.8, 4) is 5.75 Å². The van der Waals surface area contributed by atoms with Gasteiger partial charge in [0.25, 0.3) is 5.91 Å². The van der Waals surface area contributed by atoms with Gasteiger partial charge in [-0.2, -0.15) is 0 Å². The maximum absolute atomic E-state index is 12.5. The number of amides is 1. The molecule has 0 aliphatic rings. The Kier molecular flexibility index (Phi) is 7.09. The van der Waals surface area contributed by atoms with Crippen LogP contribution in [0.15, 0.2) is 71.3 Å². The normalized spacial score (nSPS) is 12.0. The van der Waals surface area contributed by atoms with Crippen LogP contribution in [0.2, 0.25) is 0 Å². The van der Waals surface area contributed by atoms with Crippen molar-refractivity contribution in [3.05, 3.63) is 83.8 Å². The van der Waals surface area contributed by atoms with Crippen molar-refractivity contribution in [2.45, 2.75) is 46.0 Å². The van der Waals surface area contributed by atoms with Gasteiger partial charge in [0, 0.05) is 5.69 Å². The number of carbonyl (C=O) groups is 1. The molecule has 29 heavy (non-hydrogen) atoms. The SMILES string of the molecule is CC(Oc1cccc(C(C)C)c1)C(=O)Nc1cccc(COCc2ccco2)c1. The van der Waals surface area contributed by atoms with E-state index in [1.54, 1.807) is 13.2 Å². The maximum Gasteiger partial charge on any atom is 0.265 e. The monoisotopic (exact) mass is 393 g/mol. The van der Waals surface area contributed by atoms with E-state index in [0.29, 0.717) is 30.6 Å². The lowest BCUT2D eigenvalue weighted by Crippen LogP contribution is -2.30. The topological polar surface area (TPSA) is 60.7 Å². The minimum atomic E-state index is -0.615. The van der Waals surface area contributed by atoms with Crippen molar-refractivity contribution < 1.29 is 18.7 Å². The molecule has 5 heteroatoms. The van der Waals surface area contributed by atoms with Gasteiger partial charge >= 0.3 is 0 Å². The highest BCUT2D eigenvalue weighted by molar-refractivity contribution is 5.94. The number of nitrogens with one attached hydrogen (secondary N) is 1. The second kappa shape index (κ2) is 9.94. The summed E-state index contributed by atoms with van der Waals surface area (Å²) in [6, 6.07) is 19.1. The van der Waals surface area contributed by atoms with E-state index in [0.717, 1.165) is 11.3 Å². The van der Waals surface area contributed by atoms with Crippen LogP contribution in [0.3, 0.4) is 0 Å². The number of carbonyl (C=O) groups excluding carboxylic acids is 1. The molecular formula is C24H27NO4. The Balaban J connectivity index is 1.53. The minimum Gasteiger partial charge on any atom is -0.481 e. The third kappa shape index (κ3) is 6.22. The van der Waals surface area contributed by atoms with Crippen molar-refractivity contribution >= 4 is 11.6 Å². The van der Waals surface area contributed by atoms with Gasteiger partial charge in [-0.1, -0.05) is 38.1 Å². The van der Waals surface area contributed by atoms with E-state index in [1.807, 2.05) is 54.6 Å². The van der Waals surface area contributed by atoms with E-state index in [1.165, 1.54) is 5.56 Å². The molecular weight excluding hydrogens is 366 g/mol. The molecule has 0 radical (unpaired) electrons. The number of benzene rings is 2. The van der Waals surface area contributed by atoms with Crippen LogP contribution in [-0.4, -0.2) is 12.0 Å². The average Bonchev–Trinajstić information content (AvgIpc) is 3.22. The fourth-order valence-electron chi connectivity index (χ4n) is 2.85. The second-order valence-electron chi connectivity index (χ2n) is 7.25. The van der Waals surface area contributed by atoms with E-state index in [-0.39, 0.29) is 5.91 Å². The van der Waals surface area contributed by atoms with Crippen LogP contribution in [0.5, 0.6) is 5.75 Å². The summed E-state index contributed by atoms with van der Waals surface area (Å²) in [6.45, 7) is 6.83. The fourth-order valence-corrected chi connectivity index (χ4v) is 2.85. The van der Waals surface area contributed by atoms with Crippen LogP contribution >= 0.6 is 0 Å². The molecule has 3 rings (SSSR count). The third-order valence-electron chi connectivity index (χ3n) is 4.49. The van der Waals surface area contributed by atoms with Gasteiger partial charge in [-0.25, -0.2) is 0 Å². The molecule has 0 aliphatic heterocycles. The summed E-state index contributed by atoms with van der Waals surface area (Å²) >= 11 is 0. The Hall–Kier alpha value is -3.05. The van der Waals surface area contributed by atoms with Gasteiger partial charge in [0.05, 0.1) is 12.9 Å². The Bertz CT molecular complexity index is 918. The van der Waals surface area contributed by atoms with Crippen molar-refractivity contribution in [1.82, 2.24) is 0 Å². The summed E-state index contributed by atoms with van der Waals surface area (Å²) in [4.78, 5) is 12.5. The molecule has 1 amide bonds. The molecule has 1 aromatic heterocycles. The molecule has 1 atom stereocenters. The summed E-state index contributed by atoms with van der Waals surface area (Å²) in [5.41, 5.74) is 2.85. The summed E-state index contributed by atoms with van der Waals surface area (Å²) in [6.07, 6.45) is 1.01. The van der Waals surface area contributed by atoms with Crippen molar-refractivity contribution in [1.29, 1.82) is 0 Å². The molecule has 1 heterocycles. The zero-order valence-electron chi connectivity index (χ0n) is 17.1. The van der Waals surface area contributed by atoms with E-state index >= 15 is 0 Å². The number of ether oxygens (including phenoxy) is 2. The summed E-state index contributed by atoms with van der Waals surface area (Å²) in [7, 11) is 0. The van der Waals surface area contributed by atoms with Crippen molar-refractivity contribution in [2.75, 3.05) is 5.32 Å². The predicted octanol–water partition coefficient (Wildman–Crippen LogP) is 5.53. The fraction of sp³-hybridized carbons (Fsp3) is 0.292. The van der Waals surface area contributed by atoms with Gasteiger partial charge in [0.15, 0.2) is 6.10 Å². The smallest absolute Gasteiger partial charge is 0.265 e.